The average molecular weight is 283 g/mol. The molecular weight excluding hydrogens is 262 g/mol. The van der Waals surface area contributed by atoms with Crippen molar-refractivity contribution in [1.29, 1.82) is 0 Å². The Balaban J connectivity index is 1.75. The summed E-state index contributed by atoms with van der Waals surface area (Å²) in [6.45, 7) is 4.82. The highest BCUT2D eigenvalue weighted by atomic mass is 32.1. The van der Waals surface area contributed by atoms with E-state index in [9.17, 15) is 4.79 Å². The van der Waals surface area contributed by atoms with E-state index in [1.807, 2.05) is 0 Å². The molecule has 106 valence electrons. The Labute approximate surface area is 117 Å². The molecular formula is C14H21NO3S. The van der Waals surface area contributed by atoms with E-state index in [1.54, 1.807) is 11.3 Å². The second-order valence-corrected chi connectivity index (χ2v) is 6.34. The van der Waals surface area contributed by atoms with Crippen LogP contribution in [-0.4, -0.2) is 22.2 Å². The third-order valence-corrected chi connectivity index (χ3v) is 4.75. The van der Waals surface area contributed by atoms with Gasteiger partial charge in [-0.05, 0) is 25.7 Å². The van der Waals surface area contributed by atoms with Crippen LogP contribution in [0, 0.1) is 5.92 Å². The smallest absolute Gasteiger partial charge is 0.306 e. The van der Waals surface area contributed by atoms with Crippen LogP contribution in [0.3, 0.4) is 0 Å². The summed E-state index contributed by atoms with van der Waals surface area (Å²) >= 11 is 1.68. The number of hydrogen-bond donors (Lipinski definition) is 1. The first-order valence-corrected chi connectivity index (χ1v) is 7.73. The Hall–Kier alpha value is -0.940. The number of aliphatic carboxylic acids is 1. The number of thiazole rings is 1. The van der Waals surface area contributed by atoms with Gasteiger partial charge in [0.2, 0.25) is 0 Å². The van der Waals surface area contributed by atoms with Crippen molar-refractivity contribution in [1.82, 2.24) is 4.98 Å². The fraction of sp³-hybridized carbons (Fsp3) is 0.714. The SMILES string of the molecule is CC(C)c1nc(COC2CCC(C(=O)O)CC2)cs1. The van der Waals surface area contributed by atoms with Crippen LogP contribution < -0.4 is 0 Å². The first-order valence-electron chi connectivity index (χ1n) is 6.85. The second-order valence-electron chi connectivity index (χ2n) is 5.45. The molecule has 1 N–H and O–H groups in total. The van der Waals surface area contributed by atoms with Gasteiger partial charge in [0.1, 0.15) is 0 Å². The molecule has 0 saturated heterocycles. The third kappa shape index (κ3) is 4.01. The number of nitrogens with zero attached hydrogens (tertiary/aromatic N) is 1. The van der Waals surface area contributed by atoms with Crippen LogP contribution >= 0.6 is 11.3 Å². The van der Waals surface area contributed by atoms with E-state index < -0.39 is 5.97 Å². The van der Waals surface area contributed by atoms with Gasteiger partial charge in [-0.3, -0.25) is 4.79 Å². The van der Waals surface area contributed by atoms with E-state index in [4.69, 9.17) is 9.84 Å². The second kappa shape index (κ2) is 6.48. The lowest BCUT2D eigenvalue weighted by atomic mass is 9.87. The Kier molecular flexibility index (Phi) is 4.93. The Morgan fingerprint density at radius 1 is 1.47 bits per heavy atom. The highest BCUT2D eigenvalue weighted by molar-refractivity contribution is 7.09. The highest BCUT2D eigenvalue weighted by Gasteiger charge is 2.26. The summed E-state index contributed by atoms with van der Waals surface area (Å²) < 4.78 is 5.84. The van der Waals surface area contributed by atoms with Gasteiger partial charge in [-0.2, -0.15) is 0 Å². The molecule has 0 aromatic carbocycles. The molecule has 1 heterocycles. The van der Waals surface area contributed by atoms with Crippen LogP contribution in [0.2, 0.25) is 0 Å². The van der Waals surface area contributed by atoms with Gasteiger partial charge in [-0.1, -0.05) is 13.8 Å². The molecule has 0 atom stereocenters. The summed E-state index contributed by atoms with van der Waals surface area (Å²) in [5.41, 5.74) is 0.994. The lowest BCUT2D eigenvalue weighted by Gasteiger charge is -2.25. The lowest BCUT2D eigenvalue weighted by molar-refractivity contribution is -0.143. The number of carbonyl (C=O) groups is 1. The van der Waals surface area contributed by atoms with Crippen LogP contribution in [0.5, 0.6) is 0 Å². The zero-order chi connectivity index (χ0) is 13.8. The standard InChI is InChI=1S/C14H21NO3S/c1-9(2)13-15-11(8-19-13)7-18-12-5-3-10(4-6-12)14(16)17/h8-10,12H,3-7H2,1-2H3,(H,16,17). The van der Waals surface area contributed by atoms with Gasteiger partial charge in [0.15, 0.2) is 0 Å². The van der Waals surface area contributed by atoms with Crippen molar-refractivity contribution in [3.63, 3.8) is 0 Å². The van der Waals surface area contributed by atoms with Gasteiger partial charge in [0, 0.05) is 11.3 Å². The molecule has 0 aliphatic heterocycles. The minimum atomic E-state index is -0.667. The van der Waals surface area contributed by atoms with E-state index in [1.165, 1.54) is 0 Å². The maximum Gasteiger partial charge on any atom is 0.306 e. The fourth-order valence-corrected chi connectivity index (χ4v) is 3.15. The van der Waals surface area contributed by atoms with Gasteiger partial charge in [0.05, 0.1) is 29.3 Å². The van der Waals surface area contributed by atoms with E-state index >= 15 is 0 Å². The topological polar surface area (TPSA) is 59.4 Å². The third-order valence-electron chi connectivity index (χ3n) is 3.55. The molecule has 0 amide bonds. The monoisotopic (exact) mass is 283 g/mol. The summed E-state index contributed by atoms with van der Waals surface area (Å²) in [5.74, 6) is -0.379. The van der Waals surface area contributed by atoms with Crippen molar-refractivity contribution in [3.05, 3.63) is 16.1 Å². The van der Waals surface area contributed by atoms with Crippen molar-refractivity contribution in [3.8, 4) is 0 Å². The molecule has 0 bridgehead atoms. The molecule has 2 rings (SSSR count). The molecule has 0 radical (unpaired) electrons. The van der Waals surface area contributed by atoms with Crippen LogP contribution in [0.25, 0.3) is 0 Å². The molecule has 1 aromatic heterocycles. The van der Waals surface area contributed by atoms with Crippen LogP contribution in [0.4, 0.5) is 0 Å². The van der Waals surface area contributed by atoms with E-state index in [2.05, 4.69) is 24.2 Å². The zero-order valence-electron chi connectivity index (χ0n) is 11.5. The quantitative estimate of drug-likeness (QED) is 0.899. The normalized spacial score (nSPS) is 23.7. The Morgan fingerprint density at radius 3 is 2.68 bits per heavy atom. The van der Waals surface area contributed by atoms with Crippen molar-refractivity contribution in [2.24, 2.45) is 5.92 Å². The first kappa shape index (κ1) is 14.5. The minimum absolute atomic E-state index is 0.174. The lowest BCUT2D eigenvalue weighted by Crippen LogP contribution is -2.25. The molecule has 5 heteroatoms. The van der Waals surface area contributed by atoms with E-state index in [-0.39, 0.29) is 12.0 Å². The molecule has 1 aliphatic carbocycles. The molecule has 1 saturated carbocycles. The van der Waals surface area contributed by atoms with Gasteiger partial charge >= 0.3 is 5.97 Å². The maximum absolute atomic E-state index is 10.9. The fourth-order valence-electron chi connectivity index (χ4n) is 2.33. The van der Waals surface area contributed by atoms with E-state index in [0.717, 1.165) is 36.4 Å². The number of rotatable bonds is 5. The summed E-state index contributed by atoms with van der Waals surface area (Å²) in [5, 5.41) is 12.1. The van der Waals surface area contributed by atoms with Gasteiger partial charge < -0.3 is 9.84 Å². The Morgan fingerprint density at radius 2 is 2.16 bits per heavy atom. The largest absolute Gasteiger partial charge is 0.481 e. The zero-order valence-corrected chi connectivity index (χ0v) is 12.3. The minimum Gasteiger partial charge on any atom is -0.481 e. The molecule has 1 aromatic rings. The molecule has 19 heavy (non-hydrogen) atoms. The van der Waals surface area contributed by atoms with Gasteiger partial charge in [-0.15, -0.1) is 11.3 Å². The van der Waals surface area contributed by atoms with E-state index in [0.29, 0.717) is 12.5 Å². The summed E-state index contributed by atoms with van der Waals surface area (Å²) in [7, 11) is 0. The molecule has 0 unspecified atom stereocenters. The number of ether oxygens (including phenoxy) is 1. The first-order chi connectivity index (χ1) is 9.06. The van der Waals surface area contributed by atoms with Crippen molar-refractivity contribution >= 4 is 17.3 Å². The van der Waals surface area contributed by atoms with Crippen LogP contribution in [0.15, 0.2) is 5.38 Å². The Bertz CT molecular complexity index is 422. The molecule has 1 aliphatic rings. The summed E-state index contributed by atoms with van der Waals surface area (Å²) in [6.07, 6.45) is 3.35. The van der Waals surface area contributed by atoms with Crippen LogP contribution in [-0.2, 0) is 16.1 Å². The number of carboxylic acid groups (broad SMARTS) is 1. The van der Waals surface area contributed by atoms with Gasteiger partial charge in [0.25, 0.3) is 0 Å². The highest BCUT2D eigenvalue weighted by Crippen LogP contribution is 2.27. The number of aromatic nitrogens is 1. The molecule has 4 nitrogen and oxygen atoms in total. The van der Waals surface area contributed by atoms with Crippen molar-refractivity contribution in [2.45, 2.75) is 58.2 Å². The predicted octanol–water partition coefficient (Wildman–Crippen LogP) is 3.43. The van der Waals surface area contributed by atoms with Crippen molar-refractivity contribution < 1.29 is 14.6 Å². The van der Waals surface area contributed by atoms with Gasteiger partial charge in [-0.25, -0.2) is 4.98 Å². The van der Waals surface area contributed by atoms with Crippen molar-refractivity contribution in [2.75, 3.05) is 0 Å². The average Bonchev–Trinajstić information content (AvgIpc) is 2.86. The predicted molar refractivity (Wildman–Crippen MR) is 74.4 cm³/mol. The maximum atomic E-state index is 10.9. The molecule has 1 fully saturated rings. The number of carboxylic acids is 1. The summed E-state index contributed by atoms with van der Waals surface area (Å²) in [4.78, 5) is 15.4. The molecule has 0 spiro atoms. The summed E-state index contributed by atoms with van der Waals surface area (Å²) in [6, 6.07) is 0. The number of hydrogen-bond acceptors (Lipinski definition) is 4. The van der Waals surface area contributed by atoms with Crippen LogP contribution in [0.1, 0.15) is 56.2 Å².